The first-order valence-electron chi connectivity index (χ1n) is 9.73. The monoisotopic (exact) mass is 385 g/mol. The highest BCUT2D eigenvalue weighted by molar-refractivity contribution is 7.19. The molecule has 3 rings (SSSR count). The lowest BCUT2D eigenvalue weighted by Crippen LogP contribution is -2.60. The number of para-hydroxylation sites is 1. The summed E-state index contributed by atoms with van der Waals surface area (Å²) in [5.41, 5.74) is 0.169. The Kier molecular flexibility index (Phi) is 6.26. The van der Waals surface area contributed by atoms with Gasteiger partial charge in [0, 0.05) is 19.2 Å². The predicted molar refractivity (Wildman–Crippen MR) is 111 cm³/mol. The van der Waals surface area contributed by atoms with Crippen LogP contribution in [0.25, 0.3) is 16.3 Å². The predicted octanol–water partition coefficient (Wildman–Crippen LogP) is 4.00. The van der Waals surface area contributed by atoms with Crippen molar-refractivity contribution in [2.45, 2.75) is 51.5 Å². The highest BCUT2D eigenvalue weighted by Gasteiger charge is 2.42. The van der Waals surface area contributed by atoms with Crippen LogP contribution < -0.4 is 5.32 Å². The Balaban J connectivity index is 1.74. The van der Waals surface area contributed by atoms with Crippen molar-refractivity contribution in [3.8, 4) is 0 Å². The summed E-state index contributed by atoms with van der Waals surface area (Å²) in [7, 11) is 0. The Labute approximate surface area is 164 Å². The normalized spacial score (nSPS) is 16.5. The topological polar surface area (TPSA) is 62.3 Å². The molecule has 1 aromatic carbocycles. The number of hydrogen-bond acceptors (Lipinski definition) is 4. The second-order valence-electron chi connectivity index (χ2n) is 6.96. The largest absolute Gasteiger partial charge is 0.341 e. The zero-order valence-electron chi connectivity index (χ0n) is 16.0. The average Bonchev–Trinajstić information content (AvgIpc) is 3.11. The van der Waals surface area contributed by atoms with E-state index in [1.165, 1.54) is 6.08 Å². The van der Waals surface area contributed by atoms with Gasteiger partial charge in [-0.1, -0.05) is 31.4 Å². The maximum Gasteiger partial charge on any atom is 0.248 e. The Bertz CT molecular complexity index is 800. The fourth-order valence-corrected chi connectivity index (χ4v) is 4.62. The van der Waals surface area contributed by atoms with Crippen molar-refractivity contribution in [3.05, 3.63) is 35.3 Å². The maximum atomic E-state index is 13.1. The molecule has 1 aromatic heterocycles. The van der Waals surface area contributed by atoms with E-state index >= 15 is 0 Å². The molecule has 1 aliphatic carbocycles. The van der Waals surface area contributed by atoms with E-state index in [-0.39, 0.29) is 11.8 Å². The molecule has 2 aromatic rings. The molecule has 144 valence electrons. The molecule has 1 aliphatic rings. The number of amides is 2. The first kappa shape index (κ1) is 19.5. The fraction of sp³-hybridized carbons (Fsp3) is 0.476. The summed E-state index contributed by atoms with van der Waals surface area (Å²) in [4.78, 5) is 32.0. The van der Waals surface area contributed by atoms with Crippen molar-refractivity contribution in [1.29, 1.82) is 0 Å². The summed E-state index contributed by atoms with van der Waals surface area (Å²) in [6, 6.07) is 7.91. The molecule has 5 nitrogen and oxygen atoms in total. The Morgan fingerprint density at radius 3 is 2.56 bits per heavy atom. The first-order valence-corrected chi connectivity index (χ1v) is 10.5. The number of hydrogen-bond donors (Lipinski definition) is 1. The van der Waals surface area contributed by atoms with Crippen LogP contribution in [0.3, 0.4) is 0 Å². The summed E-state index contributed by atoms with van der Waals surface area (Å²) in [6.45, 7) is 5.28. The van der Waals surface area contributed by atoms with Crippen molar-refractivity contribution >= 4 is 39.4 Å². The third kappa shape index (κ3) is 4.38. The van der Waals surface area contributed by atoms with Gasteiger partial charge in [0.1, 0.15) is 10.5 Å². The van der Waals surface area contributed by atoms with Crippen molar-refractivity contribution in [1.82, 2.24) is 15.2 Å². The van der Waals surface area contributed by atoms with E-state index in [1.807, 2.05) is 43.0 Å². The molecule has 0 spiro atoms. The lowest BCUT2D eigenvalue weighted by Gasteiger charge is -2.39. The van der Waals surface area contributed by atoms with E-state index in [2.05, 4.69) is 10.3 Å². The van der Waals surface area contributed by atoms with Gasteiger partial charge in [0.05, 0.1) is 10.2 Å². The van der Waals surface area contributed by atoms with Crippen LogP contribution in [0.15, 0.2) is 30.3 Å². The molecular weight excluding hydrogens is 358 g/mol. The van der Waals surface area contributed by atoms with Crippen molar-refractivity contribution in [2.24, 2.45) is 0 Å². The van der Waals surface area contributed by atoms with Crippen LogP contribution in [0.4, 0.5) is 0 Å². The molecule has 0 bridgehead atoms. The molecule has 27 heavy (non-hydrogen) atoms. The number of benzene rings is 1. The molecule has 0 saturated heterocycles. The van der Waals surface area contributed by atoms with Gasteiger partial charge >= 0.3 is 0 Å². The maximum absolute atomic E-state index is 13.1. The van der Waals surface area contributed by atoms with Gasteiger partial charge in [-0.3, -0.25) is 9.59 Å². The molecule has 0 radical (unpaired) electrons. The molecular formula is C21H27N3O2S. The van der Waals surface area contributed by atoms with E-state index in [1.54, 1.807) is 17.4 Å². The summed E-state index contributed by atoms with van der Waals surface area (Å²) in [5, 5.41) is 3.84. The van der Waals surface area contributed by atoms with Gasteiger partial charge in [0.2, 0.25) is 11.8 Å². The van der Waals surface area contributed by atoms with Gasteiger partial charge in [-0.2, -0.15) is 0 Å². The van der Waals surface area contributed by atoms with Gasteiger partial charge in [-0.25, -0.2) is 4.98 Å². The molecule has 0 aliphatic heterocycles. The third-order valence-corrected chi connectivity index (χ3v) is 6.22. The number of fused-ring (bicyclic) bond motifs is 1. The van der Waals surface area contributed by atoms with Crippen LogP contribution in [0.5, 0.6) is 0 Å². The quantitative estimate of drug-likeness (QED) is 0.765. The lowest BCUT2D eigenvalue weighted by atomic mass is 9.80. The van der Waals surface area contributed by atoms with Crippen LogP contribution in [0, 0.1) is 0 Å². The zero-order valence-corrected chi connectivity index (χ0v) is 16.8. The Morgan fingerprint density at radius 1 is 1.19 bits per heavy atom. The summed E-state index contributed by atoms with van der Waals surface area (Å²) < 4.78 is 1.10. The Hall–Kier alpha value is -2.21. The highest BCUT2D eigenvalue weighted by atomic mass is 32.1. The average molecular weight is 386 g/mol. The number of thiazole rings is 1. The highest BCUT2D eigenvalue weighted by Crippen LogP contribution is 2.30. The number of carbonyl (C=O) groups excluding carboxylic acids is 2. The molecule has 1 heterocycles. The SMILES string of the molecule is CCN(CC)C(=O)C1(NC(=O)C=Cc2nc3ccccc3s2)CCCCC1. The number of nitrogens with one attached hydrogen (secondary N) is 1. The minimum atomic E-state index is -0.765. The first-order chi connectivity index (χ1) is 13.1. The lowest BCUT2D eigenvalue weighted by molar-refractivity contribution is -0.142. The van der Waals surface area contributed by atoms with E-state index in [9.17, 15) is 9.59 Å². The van der Waals surface area contributed by atoms with Crippen molar-refractivity contribution < 1.29 is 9.59 Å². The van der Waals surface area contributed by atoms with E-state index in [0.29, 0.717) is 25.9 Å². The molecule has 6 heteroatoms. The second-order valence-corrected chi connectivity index (χ2v) is 8.02. The van der Waals surface area contributed by atoms with E-state index < -0.39 is 5.54 Å². The van der Waals surface area contributed by atoms with Crippen molar-refractivity contribution in [2.75, 3.05) is 13.1 Å². The van der Waals surface area contributed by atoms with Gasteiger partial charge < -0.3 is 10.2 Å². The fourth-order valence-electron chi connectivity index (χ4n) is 3.75. The molecule has 1 fully saturated rings. The second kappa shape index (κ2) is 8.65. The molecule has 1 N–H and O–H groups in total. The molecule has 0 atom stereocenters. The molecule has 1 saturated carbocycles. The number of nitrogens with zero attached hydrogens (tertiary/aromatic N) is 2. The number of likely N-dealkylation sites (N-methyl/N-ethyl adjacent to an activating group) is 1. The standard InChI is InChI=1S/C21H27N3O2S/c1-3-24(4-2)20(26)21(14-8-5-9-15-21)23-18(25)12-13-19-22-16-10-6-7-11-17(16)27-19/h6-7,10-13H,3-5,8-9,14-15H2,1-2H3,(H,23,25). The van der Waals surface area contributed by atoms with Crippen molar-refractivity contribution in [3.63, 3.8) is 0 Å². The Morgan fingerprint density at radius 2 is 1.89 bits per heavy atom. The third-order valence-electron chi connectivity index (χ3n) is 5.22. The van der Waals surface area contributed by atoms with Crippen LogP contribution in [-0.2, 0) is 9.59 Å². The van der Waals surface area contributed by atoms with E-state index in [4.69, 9.17) is 0 Å². The minimum absolute atomic E-state index is 0.0499. The van der Waals surface area contributed by atoms with Crippen LogP contribution in [-0.4, -0.2) is 40.3 Å². The summed E-state index contributed by atoms with van der Waals surface area (Å²) >= 11 is 1.55. The molecule has 0 unspecified atom stereocenters. The van der Waals surface area contributed by atoms with E-state index in [0.717, 1.165) is 34.5 Å². The zero-order chi connectivity index (χ0) is 19.3. The van der Waals surface area contributed by atoms with Crippen LogP contribution in [0.1, 0.15) is 51.0 Å². The number of aromatic nitrogens is 1. The number of carbonyl (C=O) groups is 2. The number of rotatable bonds is 6. The van der Waals surface area contributed by atoms with Gasteiger partial charge in [-0.15, -0.1) is 11.3 Å². The summed E-state index contributed by atoms with van der Waals surface area (Å²) in [5.74, 6) is -0.175. The van der Waals surface area contributed by atoms with Crippen LogP contribution >= 0.6 is 11.3 Å². The van der Waals surface area contributed by atoms with Crippen LogP contribution in [0.2, 0.25) is 0 Å². The van der Waals surface area contributed by atoms with Gasteiger partial charge in [0.25, 0.3) is 0 Å². The van der Waals surface area contributed by atoms with Gasteiger partial charge in [-0.05, 0) is 44.9 Å². The summed E-state index contributed by atoms with van der Waals surface area (Å²) in [6.07, 6.45) is 7.71. The van der Waals surface area contributed by atoms with Gasteiger partial charge in [0.15, 0.2) is 0 Å². The minimum Gasteiger partial charge on any atom is -0.341 e. The molecule has 2 amide bonds. The smallest absolute Gasteiger partial charge is 0.248 e.